The molecule has 0 saturated carbocycles. The highest BCUT2D eigenvalue weighted by Gasteiger charge is 2.23. The highest BCUT2D eigenvalue weighted by atomic mass is 16.3. The molecule has 12 rings (SSSR count). The molecule has 0 amide bonds. The Bertz CT molecular complexity index is 3440. The lowest BCUT2D eigenvalue weighted by Crippen LogP contribution is -1.95. The molecule has 0 aliphatic heterocycles. The summed E-state index contributed by atoms with van der Waals surface area (Å²) in [5, 5.41) is 11.2. The summed E-state index contributed by atoms with van der Waals surface area (Å²) in [6.45, 7) is 2.26. The molecule has 1 heterocycles. The molecule has 1 aromatic heterocycles. The minimum absolute atomic E-state index is 0.381. The van der Waals surface area contributed by atoms with Gasteiger partial charge < -0.3 is 4.42 Å². The Morgan fingerprint density at radius 2 is 0.750 bits per heavy atom. The molecule has 1 nitrogen and oxygen atoms in total. The van der Waals surface area contributed by atoms with Crippen LogP contribution in [-0.2, 0) is 0 Å². The van der Waals surface area contributed by atoms with Crippen molar-refractivity contribution in [2.24, 2.45) is 0 Å². The SMILES string of the molecule is CC1CC=Cc2c1oc1ccc(-c3c4ccccc4c(-c4ccc(-c5c6ccccc6c(-c6ccccc6)c6cc(-c7ccccc7)ccc56)cc4)c4ccccc34)cc21. The van der Waals surface area contributed by atoms with Crippen molar-refractivity contribution in [2.45, 2.75) is 19.3 Å². The van der Waals surface area contributed by atoms with Crippen LogP contribution in [0.5, 0.6) is 0 Å². The fraction of sp³-hybridized carbons (Fsp3) is 0.0508. The Morgan fingerprint density at radius 1 is 0.350 bits per heavy atom. The first-order valence-corrected chi connectivity index (χ1v) is 21.1. The van der Waals surface area contributed by atoms with Gasteiger partial charge in [0.25, 0.3) is 0 Å². The predicted molar refractivity (Wildman–Crippen MR) is 255 cm³/mol. The monoisotopic (exact) mass is 764 g/mol. The maximum atomic E-state index is 6.43. The minimum Gasteiger partial charge on any atom is -0.460 e. The van der Waals surface area contributed by atoms with E-state index in [0.29, 0.717) is 5.92 Å². The maximum Gasteiger partial charge on any atom is 0.134 e. The highest BCUT2D eigenvalue weighted by molar-refractivity contribution is 6.23. The van der Waals surface area contributed by atoms with E-state index in [4.69, 9.17) is 4.42 Å². The number of fused-ring (bicyclic) bond motifs is 7. The quantitative estimate of drug-likeness (QED) is 0.159. The first kappa shape index (κ1) is 34.6. The Morgan fingerprint density at radius 3 is 1.30 bits per heavy atom. The van der Waals surface area contributed by atoms with Crippen molar-refractivity contribution >= 4 is 60.1 Å². The average Bonchev–Trinajstić information content (AvgIpc) is 3.69. The van der Waals surface area contributed by atoms with Crippen molar-refractivity contribution in [2.75, 3.05) is 0 Å². The van der Waals surface area contributed by atoms with Crippen LogP contribution in [0.2, 0.25) is 0 Å². The van der Waals surface area contributed by atoms with Crippen molar-refractivity contribution < 1.29 is 4.42 Å². The van der Waals surface area contributed by atoms with Gasteiger partial charge in [-0.15, -0.1) is 0 Å². The molecule has 1 atom stereocenters. The zero-order valence-electron chi connectivity index (χ0n) is 33.3. The average molecular weight is 765 g/mol. The zero-order chi connectivity index (χ0) is 39.7. The molecule has 60 heavy (non-hydrogen) atoms. The number of furan rings is 1. The van der Waals surface area contributed by atoms with Gasteiger partial charge in [-0.1, -0.05) is 195 Å². The normalized spacial score (nSPS) is 13.8. The summed E-state index contributed by atoms with van der Waals surface area (Å²) in [7, 11) is 0. The summed E-state index contributed by atoms with van der Waals surface area (Å²) in [6, 6.07) is 71.6. The standard InChI is InChI=1S/C59H40O/c1-37-15-14-26-51-52-36-43(32-34-54(52)60-59(37)51)58-48-24-12-9-21-45(48)55(46-22-10-13-25-49(46)58)40-27-29-41(30-28-40)56-44-20-8-11-23-47(44)57(39-18-6-3-7-19-39)53-35-42(31-33-50(53)56)38-16-4-2-5-17-38/h2-14,16-37H,15H2,1H3. The molecule has 10 aromatic carbocycles. The summed E-state index contributed by atoms with van der Waals surface area (Å²) in [5.41, 5.74) is 14.5. The van der Waals surface area contributed by atoms with Crippen molar-refractivity contribution in [3.63, 3.8) is 0 Å². The summed E-state index contributed by atoms with van der Waals surface area (Å²) in [4.78, 5) is 0. The minimum atomic E-state index is 0.381. The van der Waals surface area contributed by atoms with Crippen LogP contribution in [-0.4, -0.2) is 0 Å². The van der Waals surface area contributed by atoms with Crippen LogP contribution in [0.4, 0.5) is 0 Å². The molecular weight excluding hydrogens is 725 g/mol. The molecule has 1 aliphatic rings. The third-order valence-electron chi connectivity index (χ3n) is 12.9. The molecular formula is C59H40O. The van der Waals surface area contributed by atoms with Gasteiger partial charge in [-0.2, -0.15) is 0 Å². The Hall–Kier alpha value is -7.48. The largest absolute Gasteiger partial charge is 0.460 e. The zero-order valence-corrected chi connectivity index (χ0v) is 33.3. The molecule has 0 saturated heterocycles. The molecule has 0 spiro atoms. The van der Waals surface area contributed by atoms with Gasteiger partial charge in [0.2, 0.25) is 0 Å². The Labute approximate surface area is 349 Å². The van der Waals surface area contributed by atoms with E-state index in [9.17, 15) is 0 Å². The van der Waals surface area contributed by atoms with Gasteiger partial charge in [0.05, 0.1) is 0 Å². The number of hydrogen-bond acceptors (Lipinski definition) is 1. The summed E-state index contributed by atoms with van der Waals surface area (Å²) >= 11 is 0. The van der Waals surface area contributed by atoms with Crippen molar-refractivity contribution in [3.05, 3.63) is 212 Å². The van der Waals surface area contributed by atoms with E-state index < -0.39 is 0 Å². The smallest absolute Gasteiger partial charge is 0.134 e. The molecule has 282 valence electrons. The molecule has 0 N–H and O–H groups in total. The van der Waals surface area contributed by atoms with Gasteiger partial charge in [-0.25, -0.2) is 0 Å². The van der Waals surface area contributed by atoms with Gasteiger partial charge >= 0.3 is 0 Å². The van der Waals surface area contributed by atoms with E-state index in [1.165, 1.54) is 110 Å². The van der Waals surface area contributed by atoms with Crippen LogP contribution in [0, 0.1) is 0 Å². The fourth-order valence-corrected chi connectivity index (χ4v) is 10.1. The van der Waals surface area contributed by atoms with Crippen LogP contribution in [0.3, 0.4) is 0 Å². The van der Waals surface area contributed by atoms with Crippen LogP contribution in [0.25, 0.3) is 116 Å². The fourth-order valence-electron chi connectivity index (χ4n) is 10.1. The summed E-state index contributed by atoms with van der Waals surface area (Å²) < 4.78 is 6.43. The van der Waals surface area contributed by atoms with Crippen molar-refractivity contribution in [1.82, 2.24) is 0 Å². The van der Waals surface area contributed by atoms with E-state index >= 15 is 0 Å². The van der Waals surface area contributed by atoms with E-state index in [2.05, 4.69) is 213 Å². The predicted octanol–water partition coefficient (Wildman–Crippen LogP) is 16.9. The van der Waals surface area contributed by atoms with Crippen LogP contribution < -0.4 is 0 Å². The lowest BCUT2D eigenvalue weighted by molar-refractivity contribution is 0.504. The topological polar surface area (TPSA) is 13.1 Å². The maximum absolute atomic E-state index is 6.43. The molecule has 0 radical (unpaired) electrons. The second-order valence-electron chi connectivity index (χ2n) is 16.3. The second-order valence-corrected chi connectivity index (χ2v) is 16.3. The third-order valence-corrected chi connectivity index (χ3v) is 12.9. The molecule has 11 aromatic rings. The Balaban J connectivity index is 1.06. The molecule has 1 unspecified atom stereocenters. The summed E-state index contributed by atoms with van der Waals surface area (Å²) in [6.07, 6.45) is 5.55. The second kappa shape index (κ2) is 13.8. The molecule has 1 heteroatoms. The van der Waals surface area contributed by atoms with Gasteiger partial charge in [0.1, 0.15) is 11.3 Å². The summed E-state index contributed by atoms with van der Waals surface area (Å²) in [5.74, 6) is 1.48. The van der Waals surface area contributed by atoms with E-state index in [0.717, 1.165) is 17.8 Å². The first-order chi connectivity index (χ1) is 29.7. The number of rotatable bonds is 5. The van der Waals surface area contributed by atoms with Gasteiger partial charge in [-0.3, -0.25) is 0 Å². The lowest BCUT2D eigenvalue weighted by atomic mass is 9.83. The molecule has 0 bridgehead atoms. The number of hydrogen-bond donors (Lipinski definition) is 0. The van der Waals surface area contributed by atoms with E-state index in [1.807, 2.05) is 0 Å². The van der Waals surface area contributed by atoms with E-state index in [1.54, 1.807) is 0 Å². The number of allylic oxidation sites excluding steroid dienone is 1. The van der Waals surface area contributed by atoms with Crippen LogP contribution in [0.1, 0.15) is 30.6 Å². The van der Waals surface area contributed by atoms with Gasteiger partial charge in [-0.05, 0) is 123 Å². The molecule has 1 aliphatic carbocycles. The van der Waals surface area contributed by atoms with Crippen molar-refractivity contribution in [3.8, 4) is 55.6 Å². The van der Waals surface area contributed by atoms with Crippen LogP contribution in [0.15, 0.2) is 205 Å². The lowest BCUT2D eigenvalue weighted by Gasteiger charge is -2.20. The van der Waals surface area contributed by atoms with Gasteiger partial charge in [0, 0.05) is 16.9 Å². The van der Waals surface area contributed by atoms with E-state index in [-0.39, 0.29) is 0 Å². The highest BCUT2D eigenvalue weighted by Crippen LogP contribution is 2.48. The first-order valence-electron chi connectivity index (χ1n) is 21.1. The van der Waals surface area contributed by atoms with Crippen LogP contribution >= 0.6 is 0 Å². The van der Waals surface area contributed by atoms with Crippen molar-refractivity contribution in [1.29, 1.82) is 0 Å². The molecule has 0 fully saturated rings. The third kappa shape index (κ3) is 5.40. The van der Waals surface area contributed by atoms with Gasteiger partial charge in [0.15, 0.2) is 0 Å². The Kier molecular flexibility index (Phi) is 7.96. The number of benzene rings is 10.